The summed E-state index contributed by atoms with van der Waals surface area (Å²) in [5, 5.41) is 6.02. The molecule has 1 N–H and O–H groups in total. The summed E-state index contributed by atoms with van der Waals surface area (Å²) in [5.41, 5.74) is 3.48. The van der Waals surface area contributed by atoms with Crippen molar-refractivity contribution in [2.45, 2.75) is 20.3 Å². The molecule has 162 valence electrons. The van der Waals surface area contributed by atoms with Gasteiger partial charge in [-0.25, -0.2) is 4.79 Å². The molecule has 1 aliphatic carbocycles. The molecule has 0 saturated heterocycles. The van der Waals surface area contributed by atoms with Gasteiger partial charge in [-0.2, -0.15) is 5.01 Å². The van der Waals surface area contributed by atoms with E-state index < -0.39 is 6.03 Å². The van der Waals surface area contributed by atoms with Crippen LogP contribution in [0.1, 0.15) is 41.0 Å². The lowest BCUT2D eigenvalue weighted by molar-refractivity contribution is 0.0987. The van der Waals surface area contributed by atoms with E-state index in [1.54, 1.807) is 24.3 Å². The van der Waals surface area contributed by atoms with E-state index in [1.807, 2.05) is 30.9 Å². The Morgan fingerprint density at radius 3 is 2.19 bits per heavy atom. The number of amides is 2. The highest BCUT2D eigenvalue weighted by atomic mass is 35.5. The minimum Gasteiger partial charge on any atom is -0.349 e. The van der Waals surface area contributed by atoms with Crippen LogP contribution in [0, 0.1) is 4.91 Å². The zero-order chi connectivity index (χ0) is 22.5. The number of nitrogens with zero attached hydrogens (tertiary/aromatic N) is 3. The van der Waals surface area contributed by atoms with Crippen molar-refractivity contribution in [3.63, 3.8) is 0 Å². The fraction of sp³-hybridized carbons (Fsp3) is 0.318. The molecule has 0 unspecified atom stereocenters. The van der Waals surface area contributed by atoms with Gasteiger partial charge < -0.3 is 10.2 Å². The number of benzene rings is 1. The van der Waals surface area contributed by atoms with Crippen molar-refractivity contribution in [2.75, 3.05) is 25.5 Å². The van der Waals surface area contributed by atoms with Gasteiger partial charge in [0.2, 0.25) is 0 Å². The minimum absolute atomic E-state index is 0.0471. The van der Waals surface area contributed by atoms with Gasteiger partial charge in [0.1, 0.15) is 0 Å². The van der Waals surface area contributed by atoms with Gasteiger partial charge in [-0.3, -0.25) is 9.59 Å². The first kappa shape index (κ1) is 22.4. The standard InChI is InChI=1S/C22H23ClN4O4/c1-14-12-16(19-20(28)17-6-3-4-7-18(17)21(19)29)13-15(2)26(14)10-5-9-24-22(30)27(25-31)11-8-23/h3-4,6-7,12-13H,5,8-11H2,1-2H3,(H,24,30). The highest BCUT2D eigenvalue weighted by molar-refractivity contribution is 6.40. The Balaban J connectivity index is 1.66. The van der Waals surface area contributed by atoms with Gasteiger partial charge in [-0.05, 0) is 38.0 Å². The molecule has 1 aliphatic heterocycles. The predicted molar refractivity (Wildman–Crippen MR) is 118 cm³/mol. The molecule has 0 saturated carbocycles. The highest BCUT2D eigenvalue weighted by Gasteiger charge is 2.35. The van der Waals surface area contributed by atoms with Crippen LogP contribution in [0.15, 0.2) is 64.2 Å². The average molecular weight is 443 g/mol. The molecule has 1 aromatic rings. The molecule has 0 atom stereocenters. The van der Waals surface area contributed by atoms with Crippen LogP contribution in [0.4, 0.5) is 4.79 Å². The lowest BCUT2D eigenvalue weighted by Crippen LogP contribution is -2.38. The zero-order valence-electron chi connectivity index (χ0n) is 17.4. The maximum Gasteiger partial charge on any atom is 0.340 e. The Labute approximate surface area is 185 Å². The zero-order valence-corrected chi connectivity index (χ0v) is 18.1. The topological polar surface area (TPSA) is 99.2 Å². The molecule has 0 aromatic heterocycles. The van der Waals surface area contributed by atoms with Crippen molar-refractivity contribution in [3.8, 4) is 0 Å². The second kappa shape index (κ2) is 9.70. The van der Waals surface area contributed by atoms with Crippen molar-refractivity contribution >= 4 is 29.2 Å². The number of Topliss-reactive ketones (excluding diaryl/α,β-unsaturated/α-hetero) is 2. The summed E-state index contributed by atoms with van der Waals surface area (Å²) in [6.07, 6.45) is 4.28. The number of ketones is 2. The van der Waals surface area contributed by atoms with Crippen LogP contribution in [-0.2, 0) is 0 Å². The van der Waals surface area contributed by atoms with Crippen LogP contribution >= 0.6 is 11.6 Å². The van der Waals surface area contributed by atoms with Crippen molar-refractivity contribution in [2.24, 2.45) is 5.29 Å². The molecule has 31 heavy (non-hydrogen) atoms. The van der Waals surface area contributed by atoms with E-state index in [0.29, 0.717) is 36.2 Å². The second-order valence-corrected chi connectivity index (χ2v) is 7.61. The number of carbonyl (C=O) groups is 3. The summed E-state index contributed by atoms with van der Waals surface area (Å²) in [5.74, 6) is -0.371. The number of fused-ring (bicyclic) bond motifs is 1. The fourth-order valence-electron chi connectivity index (χ4n) is 3.72. The lowest BCUT2D eigenvalue weighted by Gasteiger charge is -2.30. The largest absolute Gasteiger partial charge is 0.349 e. The Hall–Kier alpha value is -3.26. The maximum atomic E-state index is 12.8. The molecule has 1 aromatic carbocycles. The molecule has 0 spiro atoms. The number of nitrogens with one attached hydrogen (secondary N) is 1. The van der Waals surface area contributed by atoms with Gasteiger partial charge in [0.25, 0.3) is 0 Å². The van der Waals surface area contributed by atoms with E-state index in [0.717, 1.165) is 16.4 Å². The predicted octanol–water partition coefficient (Wildman–Crippen LogP) is 3.81. The molecule has 9 heteroatoms. The van der Waals surface area contributed by atoms with Crippen LogP contribution in [0.5, 0.6) is 0 Å². The Bertz CT molecular complexity index is 969. The first-order chi connectivity index (χ1) is 14.9. The van der Waals surface area contributed by atoms with Crippen LogP contribution in [-0.4, -0.2) is 53.0 Å². The van der Waals surface area contributed by atoms with E-state index in [2.05, 4.69) is 10.6 Å². The quantitative estimate of drug-likeness (QED) is 0.173. The normalized spacial score (nSPS) is 15.5. The average Bonchev–Trinajstić information content (AvgIpc) is 3.01. The van der Waals surface area contributed by atoms with Gasteiger partial charge in [-0.15, -0.1) is 16.5 Å². The van der Waals surface area contributed by atoms with Crippen LogP contribution in [0.2, 0.25) is 0 Å². The van der Waals surface area contributed by atoms with E-state index in [1.165, 1.54) is 0 Å². The molecule has 1 heterocycles. The summed E-state index contributed by atoms with van der Waals surface area (Å²) in [6.45, 7) is 4.83. The number of hydrogen-bond acceptors (Lipinski definition) is 6. The molecule has 0 bridgehead atoms. The van der Waals surface area contributed by atoms with Crippen LogP contribution in [0.25, 0.3) is 0 Å². The van der Waals surface area contributed by atoms with Gasteiger partial charge in [0.05, 0.1) is 17.4 Å². The fourth-order valence-corrected chi connectivity index (χ4v) is 3.88. The van der Waals surface area contributed by atoms with Gasteiger partial charge in [0, 0.05) is 41.5 Å². The molecular weight excluding hydrogens is 420 g/mol. The van der Waals surface area contributed by atoms with Crippen molar-refractivity contribution < 1.29 is 14.4 Å². The summed E-state index contributed by atoms with van der Waals surface area (Å²) in [7, 11) is 0. The van der Waals surface area contributed by atoms with Crippen molar-refractivity contribution in [1.29, 1.82) is 0 Å². The summed E-state index contributed by atoms with van der Waals surface area (Å²) >= 11 is 5.53. The van der Waals surface area contributed by atoms with Gasteiger partial charge in [-0.1, -0.05) is 24.3 Å². The molecule has 3 rings (SSSR count). The monoisotopic (exact) mass is 442 g/mol. The summed E-state index contributed by atoms with van der Waals surface area (Å²) in [4.78, 5) is 50.1. The second-order valence-electron chi connectivity index (χ2n) is 7.24. The lowest BCUT2D eigenvalue weighted by atomic mass is 9.98. The van der Waals surface area contributed by atoms with Gasteiger partial charge >= 0.3 is 6.03 Å². The third kappa shape index (κ3) is 4.59. The Kier molecular flexibility index (Phi) is 7.02. The Morgan fingerprint density at radius 2 is 1.68 bits per heavy atom. The maximum absolute atomic E-state index is 12.8. The number of urea groups is 1. The number of halogens is 1. The van der Waals surface area contributed by atoms with E-state index in [4.69, 9.17) is 11.6 Å². The third-order valence-electron chi connectivity index (χ3n) is 5.20. The van der Waals surface area contributed by atoms with E-state index in [9.17, 15) is 19.3 Å². The number of carbonyl (C=O) groups excluding carboxylic acids is 3. The SMILES string of the molecule is CC1=CC(=C2C(=O)c3ccccc3C2=O)C=C(C)N1CCCNC(=O)N(CCCl)N=O. The Morgan fingerprint density at radius 1 is 1.10 bits per heavy atom. The van der Waals surface area contributed by atoms with E-state index in [-0.39, 0.29) is 29.6 Å². The number of alkyl halides is 1. The molecule has 2 aliphatic rings. The number of rotatable bonds is 7. The first-order valence-electron chi connectivity index (χ1n) is 9.90. The summed E-state index contributed by atoms with van der Waals surface area (Å²) < 4.78 is 0. The molecule has 0 fully saturated rings. The third-order valence-corrected chi connectivity index (χ3v) is 5.37. The van der Waals surface area contributed by atoms with E-state index >= 15 is 0 Å². The first-order valence-corrected chi connectivity index (χ1v) is 10.4. The van der Waals surface area contributed by atoms with Crippen LogP contribution in [0.3, 0.4) is 0 Å². The van der Waals surface area contributed by atoms with Gasteiger partial charge in [0.15, 0.2) is 11.6 Å². The number of hydrogen-bond donors (Lipinski definition) is 1. The highest BCUT2D eigenvalue weighted by Crippen LogP contribution is 2.32. The number of allylic oxidation sites excluding steroid dienone is 6. The molecule has 2 amide bonds. The molecule has 0 radical (unpaired) electrons. The summed E-state index contributed by atoms with van der Waals surface area (Å²) in [6, 6.07) is 6.27. The minimum atomic E-state index is -0.585. The van der Waals surface area contributed by atoms with Crippen molar-refractivity contribution in [1.82, 2.24) is 15.2 Å². The molecule has 8 nitrogen and oxygen atoms in total. The number of nitroso groups, excluding NO2 is 1. The van der Waals surface area contributed by atoms with Crippen molar-refractivity contribution in [3.05, 3.63) is 75.0 Å². The van der Waals surface area contributed by atoms with Crippen LogP contribution < -0.4 is 5.32 Å². The molecular formula is C22H23ClN4O4. The smallest absolute Gasteiger partial charge is 0.340 e.